The normalized spacial score (nSPS) is 15.6. The third-order valence-electron chi connectivity index (χ3n) is 5.58. The fraction of sp³-hybridized carbons (Fsp3) is 0.292. The summed E-state index contributed by atoms with van der Waals surface area (Å²) in [6, 6.07) is 26.2. The van der Waals surface area contributed by atoms with Gasteiger partial charge < -0.3 is 4.57 Å². The maximum atomic E-state index is 9.16. The van der Waals surface area contributed by atoms with Crippen molar-refractivity contribution < 1.29 is 0 Å². The van der Waals surface area contributed by atoms with Crippen molar-refractivity contribution in [2.24, 2.45) is 7.05 Å². The van der Waals surface area contributed by atoms with Gasteiger partial charge in [0.1, 0.15) is 11.8 Å². The molecule has 0 radical (unpaired) electrons. The highest BCUT2D eigenvalue weighted by Gasteiger charge is 2.26. The molecule has 1 aliphatic rings. The second-order valence-electron chi connectivity index (χ2n) is 7.49. The molecule has 4 rings (SSSR count). The van der Waals surface area contributed by atoms with Gasteiger partial charge in [-0.05, 0) is 22.8 Å². The van der Waals surface area contributed by atoms with Gasteiger partial charge >= 0.3 is 0 Å². The van der Waals surface area contributed by atoms with Crippen LogP contribution in [0.25, 0.3) is 0 Å². The summed E-state index contributed by atoms with van der Waals surface area (Å²) in [5, 5.41) is 9.16. The average molecular weight is 371 g/mol. The smallest absolute Gasteiger partial charge is 0.120 e. The fourth-order valence-electron chi connectivity index (χ4n) is 4.15. The molecule has 0 amide bonds. The van der Waals surface area contributed by atoms with Gasteiger partial charge in [0.25, 0.3) is 0 Å². The Morgan fingerprint density at radius 1 is 0.893 bits per heavy atom. The molecule has 3 aromatic rings. The summed E-state index contributed by atoms with van der Waals surface area (Å²) >= 11 is 0. The summed E-state index contributed by atoms with van der Waals surface area (Å²) in [5.41, 5.74) is 4.64. The van der Waals surface area contributed by atoms with E-state index < -0.39 is 0 Å². The number of rotatable bonds is 5. The first-order valence-electron chi connectivity index (χ1n) is 9.86. The van der Waals surface area contributed by atoms with Crippen LogP contribution in [0, 0.1) is 11.3 Å². The number of nitriles is 1. The molecule has 0 aliphatic carbocycles. The molecular formula is C24H26N4. The molecule has 4 heteroatoms. The highest BCUT2D eigenvalue weighted by molar-refractivity contribution is 5.32. The molecule has 1 saturated heterocycles. The van der Waals surface area contributed by atoms with Crippen molar-refractivity contribution in [1.29, 1.82) is 5.26 Å². The van der Waals surface area contributed by atoms with Crippen LogP contribution in [0.5, 0.6) is 0 Å². The first-order chi connectivity index (χ1) is 13.7. The zero-order chi connectivity index (χ0) is 19.3. The Bertz CT molecular complexity index is 892. The van der Waals surface area contributed by atoms with E-state index in [4.69, 9.17) is 5.26 Å². The lowest BCUT2D eigenvalue weighted by Gasteiger charge is -2.39. The number of nitrogens with zero attached hydrogens (tertiary/aromatic N) is 4. The molecule has 1 fully saturated rings. The van der Waals surface area contributed by atoms with Gasteiger partial charge in [0.05, 0.1) is 6.04 Å². The van der Waals surface area contributed by atoms with Gasteiger partial charge in [0, 0.05) is 46.0 Å². The lowest BCUT2D eigenvalue weighted by Crippen LogP contribution is -2.47. The van der Waals surface area contributed by atoms with Crippen LogP contribution in [0.2, 0.25) is 0 Å². The van der Waals surface area contributed by atoms with Gasteiger partial charge in [0.2, 0.25) is 0 Å². The zero-order valence-electron chi connectivity index (χ0n) is 16.3. The Balaban J connectivity index is 1.46. The van der Waals surface area contributed by atoms with Crippen molar-refractivity contribution >= 4 is 0 Å². The van der Waals surface area contributed by atoms with E-state index in [0.29, 0.717) is 6.04 Å². The van der Waals surface area contributed by atoms with E-state index in [1.165, 1.54) is 16.7 Å². The Morgan fingerprint density at radius 2 is 1.46 bits per heavy atom. The number of aryl methyl sites for hydroxylation is 1. The third kappa shape index (κ3) is 4.01. The predicted molar refractivity (Wildman–Crippen MR) is 112 cm³/mol. The van der Waals surface area contributed by atoms with Crippen molar-refractivity contribution in [3.8, 4) is 6.07 Å². The standard InChI is InChI=1S/C24H26N4/c1-26-18-20(16-23(26)17-25)19-27-12-14-28(15-13-27)24(21-8-4-2-5-9-21)22-10-6-3-7-11-22/h2-11,16,18,24H,12-15,19H2,1H3. The first-order valence-corrected chi connectivity index (χ1v) is 9.86. The molecule has 0 atom stereocenters. The van der Waals surface area contributed by atoms with Crippen LogP contribution >= 0.6 is 0 Å². The fourth-order valence-corrected chi connectivity index (χ4v) is 4.15. The van der Waals surface area contributed by atoms with E-state index in [9.17, 15) is 0 Å². The van der Waals surface area contributed by atoms with E-state index in [2.05, 4.69) is 82.7 Å². The molecular weight excluding hydrogens is 344 g/mol. The van der Waals surface area contributed by atoms with Crippen LogP contribution in [-0.4, -0.2) is 40.5 Å². The maximum Gasteiger partial charge on any atom is 0.120 e. The Kier molecular flexibility index (Phi) is 5.57. The van der Waals surface area contributed by atoms with Gasteiger partial charge in [-0.25, -0.2) is 0 Å². The van der Waals surface area contributed by atoms with Crippen LogP contribution < -0.4 is 0 Å². The SMILES string of the molecule is Cn1cc(CN2CCN(C(c3ccccc3)c3ccccc3)CC2)cc1C#N. The molecule has 0 unspecified atom stereocenters. The van der Waals surface area contributed by atoms with Gasteiger partial charge in [-0.3, -0.25) is 9.80 Å². The third-order valence-corrected chi connectivity index (χ3v) is 5.58. The van der Waals surface area contributed by atoms with Crippen molar-refractivity contribution in [2.75, 3.05) is 26.2 Å². The van der Waals surface area contributed by atoms with E-state index in [1.807, 2.05) is 17.7 Å². The first kappa shape index (κ1) is 18.5. The second-order valence-corrected chi connectivity index (χ2v) is 7.49. The summed E-state index contributed by atoms with van der Waals surface area (Å²) < 4.78 is 1.91. The quantitative estimate of drug-likeness (QED) is 0.685. The summed E-state index contributed by atoms with van der Waals surface area (Å²) in [5.74, 6) is 0. The molecule has 0 saturated carbocycles. The van der Waals surface area contributed by atoms with Gasteiger partial charge in [-0.1, -0.05) is 60.7 Å². The number of piperazine rings is 1. The van der Waals surface area contributed by atoms with Gasteiger partial charge in [-0.15, -0.1) is 0 Å². The van der Waals surface area contributed by atoms with Crippen LogP contribution in [-0.2, 0) is 13.6 Å². The Hall–Kier alpha value is -2.87. The molecule has 2 aromatic carbocycles. The highest BCUT2D eigenvalue weighted by Crippen LogP contribution is 2.29. The van der Waals surface area contributed by atoms with Gasteiger partial charge in [-0.2, -0.15) is 5.26 Å². The largest absolute Gasteiger partial charge is 0.342 e. The van der Waals surface area contributed by atoms with Crippen LogP contribution in [0.3, 0.4) is 0 Å². The van der Waals surface area contributed by atoms with E-state index in [-0.39, 0.29) is 0 Å². The summed E-state index contributed by atoms with van der Waals surface area (Å²) in [6.07, 6.45) is 2.07. The average Bonchev–Trinajstić information content (AvgIpc) is 3.10. The number of aromatic nitrogens is 1. The minimum absolute atomic E-state index is 0.298. The predicted octanol–water partition coefficient (Wildman–Crippen LogP) is 3.80. The Labute approximate surface area is 167 Å². The molecule has 1 aliphatic heterocycles. The molecule has 142 valence electrons. The van der Waals surface area contributed by atoms with Crippen LogP contribution in [0.4, 0.5) is 0 Å². The van der Waals surface area contributed by atoms with Crippen LogP contribution in [0.1, 0.15) is 28.4 Å². The minimum Gasteiger partial charge on any atom is -0.342 e. The van der Waals surface area contributed by atoms with Gasteiger partial charge in [0.15, 0.2) is 0 Å². The van der Waals surface area contributed by atoms with Crippen molar-refractivity contribution in [1.82, 2.24) is 14.4 Å². The maximum absolute atomic E-state index is 9.16. The summed E-state index contributed by atoms with van der Waals surface area (Å²) in [6.45, 7) is 5.05. The van der Waals surface area contributed by atoms with Crippen LogP contribution in [0.15, 0.2) is 72.9 Å². The van der Waals surface area contributed by atoms with E-state index >= 15 is 0 Å². The van der Waals surface area contributed by atoms with Crippen molar-refractivity contribution in [2.45, 2.75) is 12.6 Å². The second kappa shape index (κ2) is 8.43. The lowest BCUT2D eigenvalue weighted by molar-refractivity contribution is 0.105. The molecule has 2 heterocycles. The number of benzene rings is 2. The van der Waals surface area contributed by atoms with Crippen molar-refractivity contribution in [3.63, 3.8) is 0 Å². The highest BCUT2D eigenvalue weighted by atomic mass is 15.3. The zero-order valence-corrected chi connectivity index (χ0v) is 16.3. The summed E-state index contributed by atoms with van der Waals surface area (Å²) in [4.78, 5) is 5.08. The molecule has 0 bridgehead atoms. The van der Waals surface area contributed by atoms with E-state index in [0.717, 1.165) is 38.4 Å². The van der Waals surface area contributed by atoms with E-state index in [1.54, 1.807) is 0 Å². The number of hydrogen-bond acceptors (Lipinski definition) is 3. The molecule has 4 nitrogen and oxygen atoms in total. The topological polar surface area (TPSA) is 35.2 Å². The molecule has 1 aromatic heterocycles. The van der Waals surface area contributed by atoms with Crippen molar-refractivity contribution in [3.05, 3.63) is 95.3 Å². The molecule has 0 spiro atoms. The lowest BCUT2D eigenvalue weighted by atomic mass is 9.96. The number of hydrogen-bond donors (Lipinski definition) is 0. The minimum atomic E-state index is 0.298. The molecule has 0 N–H and O–H groups in total. The Morgan fingerprint density at radius 3 is 1.96 bits per heavy atom. The molecule has 28 heavy (non-hydrogen) atoms. The summed E-state index contributed by atoms with van der Waals surface area (Å²) in [7, 11) is 1.93. The monoisotopic (exact) mass is 370 g/mol.